The number of esters is 1. The predicted molar refractivity (Wildman–Crippen MR) is 91.7 cm³/mol. The van der Waals surface area contributed by atoms with Crippen LogP contribution >= 0.6 is 0 Å². The minimum atomic E-state index is -0.240. The minimum Gasteiger partial charge on any atom is -0.493 e. The zero-order valence-corrected chi connectivity index (χ0v) is 14.2. The first-order valence-corrected chi connectivity index (χ1v) is 8.09. The number of methoxy groups -OCH3 is 2. The summed E-state index contributed by atoms with van der Waals surface area (Å²) in [4.78, 5) is 11.4. The largest absolute Gasteiger partial charge is 0.493 e. The summed E-state index contributed by atoms with van der Waals surface area (Å²) in [6.07, 6.45) is 1.34. The Bertz CT molecular complexity index is 724. The van der Waals surface area contributed by atoms with E-state index in [9.17, 15) is 4.79 Å². The molecule has 0 saturated carbocycles. The Kier molecular flexibility index (Phi) is 4.74. The smallest absolute Gasteiger partial charge is 0.302 e. The molecule has 1 aliphatic rings. The second-order valence-electron chi connectivity index (χ2n) is 6.04. The van der Waals surface area contributed by atoms with Crippen LogP contribution in [0, 0.1) is 0 Å². The zero-order valence-electron chi connectivity index (χ0n) is 14.2. The highest BCUT2D eigenvalue weighted by atomic mass is 16.5. The van der Waals surface area contributed by atoms with Crippen LogP contribution in [-0.4, -0.2) is 26.3 Å². The van der Waals surface area contributed by atoms with E-state index < -0.39 is 0 Å². The molecule has 1 aliphatic carbocycles. The van der Waals surface area contributed by atoms with Crippen LogP contribution in [0.2, 0.25) is 0 Å². The Morgan fingerprint density at radius 3 is 2.33 bits per heavy atom. The fourth-order valence-electron chi connectivity index (χ4n) is 3.48. The topological polar surface area (TPSA) is 44.8 Å². The van der Waals surface area contributed by atoms with Gasteiger partial charge in [0.1, 0.15) is 6.10 Å². The second kappa shape index (κ2) is 6.95. The van der Waals surface area contributed by atoms with Crippen molar-refractivity contribution < 1.29 is 19.0 Å². The molecule has 2 aromatic rings. The van der Waals surface area contributed by atoms with Crippen LogP contribution in [0.15, 0.2) is 42.5 Å². The first-order valence-electron chi connectivity index (χ1n) is 8.09. The maximum absolute atomic E-state index is 11.4. The summed E-state index contributed by atoms with van der Waals surface area (Å²) < 4.78 is 16.4. The Balaban J connectivity index is 2.07. The average Bonchev–Trinajstić information content (AvgIpc) is 2.60. The first-order chi connectivity index (χ1) is 11.6. The second-order valence-corrected chi connectivity index (χ2v) is 6.04. The van der Waals surface area contributed by atoms with Gasteiger partial charge in [-0.15, -0.1) is 0 Å². The lowest BCUT2D eigenvalue weighted by Crippen LogP contribution is -2.28. The van der Waals surface area contributed by atoms with Crippen molar-refractivity contribution in [3.8, 4) is 11.5 Å². The highest BCUT2D eigenvalue weighted by Crippen LogP contribution is 2.42. The molecule has 2 atom stereocenters. The number of hydrogen-bond acceptors (Lipinski definition) is 4. The van der Waals surface area contributed by atoms with Gasteiger partial charge in [-0.05, 0) is 35.2 Å². The van der Waals surface area contributed by atoms with Gasteiger partial charge >= 0.3 is 5.97 Å². The van der Waals surface area contributed by atoms with Gasteiger partial charge in [0.05, 0.1) is 14.2 Å². The van der Waals surface area contributed by atoms with E-state index in [1.54, 1.807) is 14.2 Å². The Morgan fingerprint density at radius 2 is 1.71 bits per heavy atom. The maximum Gasteiger partial charge on any atom is 0.302 e. The van der Waals surface area contributed by atoms with Crippen molar-refractivity contribution in [2.45, 2.75) is 31.8 Å². The number of carbonyl (C=O) groups excluding carboxylic acids is 1. The standard InChI is InChI=1S/C20H22O4/c1-13(21)24-16-9-15-10-19(22-2)20(23-3)12-18(15)17(11-16)14-7-5-4-6-8-14/h4-8,10,12,16-17H,9,11H2,1-3H3/t16-,17-/m0/s1. The molecule has 0 aromatic heterocycles. The Morgan fingerprint density at radius 1 is 1.04 bits per heavy atom. The molecule has 126 valence electrons. The number of fused-ring (bicyclic) bond motifs is 1. The molecule has 2 aromatic carbocycles. The number of rotatable bonds is 4. The van der Waals surface area contributed by atoms with Crippen molar-refractivity contribution in [3.05, 3.63) is 59.2 Å². The Hall–Kier alpha value is -2.49. The number of benzene rings is 2. The molecule has 0 aliphatic heterocycles. The molecule has 0 spiro atoms. The quantitative estimate of drug-likeness (QED) is 0.804. The van der Waals surface area contributed by atoms with Crippen LogP contribution in [0.4, 0.5) is 0 Å². The van der Waals surface area contributed by atoms with Gasteiger partial charge in [0.2, 0.25) is 0 Å². The molecule has 0 fully saturated rings. The molecule has 0 radical (unpaired) electrons. The molecule has 0 heterocycles. The van der Waals surface area contributed by atoms with Crippen LogP contribution in [0.1, 0.15) is 36.0 Å². The number of hydrogen-bond donors (Lipinski definition) is 0. The summed E-state index contributed by atoms with van der Waals surface area (Å²) in [5.74, 6) is 1.35. The summed E-state index contributed by atoms with van der Waals surface area (Å²) in [5.41, 5.74) is 3.56. The minimum absolute atomic E-state index is 0.127. The van der Waals surface area contributed by atoms with E-state index >= 15 is 0 Å². The third-order valence-electron chi connectivity index (χ3n) is 4.50. The van der Waals surface area contributed by atoms with E-state index in [0.29, 0.717) is 12.2 Å². The maximum atomic E-state index is 11.4. The van der Waals surface area contributed by atoms with Crippen LogP contribution in [0.5, 0.6) is 11.5 Å². The summed E-state index contributed by atoms with van der Waals surface area (Å²) in [7, 11) is 3.28. The summed E-state index contributed by atoms with van der Waals surface area (Å²) >= 11 is 0. The normalized spacial score (nSPS) is 19.3. The van der Waals surface area contributed by atoms with Gasteiger partial charge in [-0.1, -0.05) is 30.3 Å². The van der Waals surface area contributed by atoms with Gasteiger partial charge in [-0.25, -0.2) is 0 Å². The van der Waals surface area contributed by atoms with Crippen molar-refractivity contribution in [1.29, 1.82) is 0 Å². The summed E-state index contributed by atoms with van der Waals surface area (Å²) in [6.45, 7) is 1.46. The van der Waals surface area contributed by atoms with E-state index in [2.05, 4.69) is 18.2 Å². The van der Waals surface area contributed by atoms with E-state index in [0.717, 1.165) is 17.7 Å². The van der Waals surface area contributed by atoms with Crippen LogP contribution in [0.25, 0.3) is 0 Å². The zero-order chi connectivity index (χ0) is 17.1. The molecule has 4 heteroatoms. The van der Waals surface area contributed by atoms with Crippen LogP contribution < -0.4 is 9.47 Å². The molecule has 3 rings (SSSR count). The van der Waals surface area contributed by atoms with Crippen LogP contribution in [0.3, 0.4) is 0 Å². The third kappa shape index (κ3) is 3.23. The number of carbonyl (C=O) groups is 1. The molecule has 0 unspecified atom stereocenters. The lowest BCUT2D eigenvalue weighted by Gasteiger charge is -2.32. The molecular weight excluding hydrogens is 304 g/mol. The molecule has 0 N–H and O–H groups in total. The van der Waals surface area contributed by atoms with Crippen LogP contribution in [-0.2, 0) is 16.0 Å². The number of ether oxygens (including phenoxy) is 3. The van der Waals surface area contributed by atoms with Gasteiger partial charge in [-0.2, -0.15) is 0 Å². The molecular formula is C20H22O4. The SMILES string of the molecule is COc1cc2c(cc1OC)[C@H](c1ccccc1)C[C@@H](OC(C)=O)C2. The third-order valence-corrected chi connectivity index (χ3v) is 4.50. The van der Waals surface area contributed by atoms with Gasteiger partial charge in [0.15, 0.2) is 11.5 Å². The average molecular weight is 326 g/mol. The lowest BCUT2D eigenvalue weighted by atomic mass is 9.77. The van der Waals surface area contributed by atoms with Crippen molar-refractivity contribution in [2.24, 2.45) is 0 Å². The van der Waals surface area contributed by atoms with Crippen molar-refractivity contribution in [1.82, 2.24) is 0 Å². The monoisotopic (exact) mass is 326 g/mol. The van der Waals surface area contributed by atoms with E-state index in [-0.39, 0.29) is 18.0 Å². The molecule has 4 nitrogen and oxygen atoms in total. The first kappa shape index (κ1) is 16.4. The van der Waals surface area contributed by atoms with Crippen molar-refractivity contribution in [3.63, 3.8) is 0 Å². The van der Waals surface area contributed by atoms with Crippen molar-refractivity contribution in [2.75, 3.05) is 14.2 Å². The molecule has 0 saturated heterocycles. The highest BCUT2D eigenvalue weighted by molar-refractivity contribution is 5.66. The van der Waals surface area contributed by atoms with Crippen molar-refractivity contribution >= 4 is 5.97 Å². The fraction of sp³-hybridized carbons (Fsp3) is 0.350. The van der Waals surface area contributed by atoms with Gasteiger partial charge in [0.25, 0.3) is 0 Å². The molecule has 0 bridgehead atoms. The molecule has 0 amide bonds. The fourth-order valence-corrected chi connectivity index (χ4v) is 3.48. The molecule has 24 heavy (non-hydrogen) atoms. The lowest BCUT2D eigenvalue weighted by molar-refractivity contribution is -0.146. The van der Waals surface area contributed by atoms with Gasteiger partial charge < -0.3 is 14.2 Å². The summed E-state index contributed by atoms with van der Waals surface area (Å²) in [5, 5.41) is 0. The predicted octanol–water partition coefficient (Wildman–Crippen LogP) is 3.71. The van der Waals surface area contributed by atoms with E-state index in [4.69, 9.17) is 14.2 Å². The Labute approximate surface area is 142 Å². The van der Waals surface area contributed by atoms with Gasteiger partial charge in [-0.3, -0.25) is 4.79 Å². The van der Waals surface area contributed by atoms with Gasteiger partial charge in [0, 0.05) is 19.3 Å². The summed E-state index contributed by atoms with van der Waals surface area (Å²) in [6, 6.07) is 14.3. The highest BCUT2D eigenvalue weighted by Gasteiger charge is 2.31. The van der Waals surface area contributed by atoms with E-state index in [1.807, 2.05) is 24.3 Å². The van der Waals surface area contributed by atoms with E-state index in [1.165, 1.54) is 18.1 Å².